The summed E-state index contributed by atoms with van der Waals surface area (Å²) in [5.74, 6) is 0. The Labute approximate surface area is 110 Å². The maximum atomic E-state index is 5.39. The summed E-state index contributed by atoms with van der Waals surface area (Å²) in [4.78, 5) is 2.09. The first kappa shape index (κ1) is 14.8. The Morgan fingerprint density at radius 1 is 1.06 bits per heavy atom. The van der Waals surface area contributed by atoms with Crippen LogP contribution in [0.3, 0.4) is 0 Å². The minimum atomic E-state index is 0.666. The molecule has 0 saturated heterocycles. The highest BCUT2D eigenvalue weighted by Crippen LogP contribution is 2.15. The van der Waals surface area contributed by atoms with Crippen molar-refractivity contribution in [1.29, 1.82) is 0 Å². The van der Waals surface area contributed by atoms with Crippen LogP contribution in [0.15, 0.2) is 24.3 Å². The number of anilines is 2. The van der Waals surface area contributed by atoms with Crippen LogP contribution in [0.2, 0.25) is 0 Å². The molecule has 0 radical (unpaired) electrons. The molecular formula is C14H24N2O2. The Bertz CT molecular complexity index is 312. The van der Waals surface area contributed by atoms with E-state index in [9.17, 15) is 0 Å². The number of benzene rings is 1. The summed E-state index contributed by atoms with van der Waals surface area (Å²) in [5.41, 5.74) is 2.36. The first-order valence-corrected chi connectivity index (χ1v) is 6.32. The van der Waals surface area contributed by atoms with Crippen LogP contribution in [0, 0.1) is 0 Å². The van der Waals surface area contributed by atoms with Crippen LogP contribution in [-0.4, -0.2) is 47.6 Å². The van der Waals surface area contributed by atoms with Crippen LogP contribution in [0.4, 0.5) is 11.4 Å². The van der Waals surface area contributed by atoms with E-state index in [1.54, 1.807) is 7.11 Å². The van der Waals surface area contributed by atoms with Gasteiger partial charge in [-0.05, 0) is 30.7 Å². The van der Waals surface area contributed by atoms with Crippen LogP contribution in [0.1, 0.15) is 6.42 Å². The molecule has 0 aliphatic rings. The molecule has 0 atom stereocenters. The van der Waals surface area contributed by atoms with E-state index < -0.39 is 0 Å². The smallest absolute Gasteiger partial charge is 0.0700 e. The zero-order chi connectivity index (χ0) is 13.2. The number of nitrogens with zero attached hydrogens (tertiary/aromatic N) is 1. The van der Waals surface area contributed by atoms with Crippen molar-refractivity contribution in [1.82, 2.24) is 0 Å². The van der Waals surface area contributed by atoms with Gasteiger partial charge in [0.2, 0.25) is 0 Å². The highest BCUT2D eigenvalue weighted by molar-refractivity contribution is 5.54. The standard InChI is InChI=1S/C14H24N2O2/c1-16(2)14-7-5-13(6-8-14)15-9-4-10-18-12-11-17-3/h5-8,15H,4,9-12H2,1-3H3. The van der Waals surface area contributed by atoms with Crippen molar-refractivity contribution < 1.29 is 9.47 Å². The fraction of sp³-hybridized carbons (Fsp3) is 0.571. The molecule has 18 heavy (non-hydrogen) atoms. The van der Waals surface area contributed by atoms with Gasteiger partial charge in [-0.2, -0.15) is 0 Å². The van der Waals surface area contributed by atoms with Crippen molar-refractivity contribution in [3.63, 3.8) is 0 Å². The third-order valence-corrected chi connectivity index (χ3v) is 2.61. The summed E-state index contributed by atoms with van der Waals surface area (Å²) in [6, 6.07) is 8.41. The zero-order valence-electron chi connectivity index (χ0n) is 11.6. The predicted molar refractivity (Wildman–Crippen MR) is 76.6 cm³/mol. The molecule has 0 unspecified atom stereocenters. The maximum absolute atomic E-state index is 5.39. The van der Waals surface area contributed by atoms with Gasteiger partial charge >= 0.3 is 0 Å². The highest BCUT2D eigenvalue weighted by Gasteiger charge is 1.95. The monoisotopic (exact) mass is 252 g/mol. The maximum Gasteiger partial charge on any atom is 0.0700 e. The van der Waals surface area contributed by atoms with Gasteiger partial charge < -0.3 is 19.7 Å². The lowest BCUT2D eigenvalue weighted by atomic mass is 10.2. The van der Waals surface area contributed by atoms with Crippen molar-refractivity contribution in [3.8, 4) is 0 Å². The Hall–Kier alpha value is -1.26. The van der Waals surface area contributed by atoms with Gasteiger partial charge in [0, 0.05) is 45.7 Å². The van der Waals surface area contributed by atoms with Crippen LogP contribution < -0.4 is 10.2 Å². The summed E-state index contributed by atoms with van der Waals surface area (Å²) < 4.78 is 10.3. The molecule has 4 nitrogen and oxygen atoms in total. The number of hydrogen-bond donors (Lipinski definition) is 1. The third-order valence-electron chi connectivity index (χ3n) is 2.61. The van der Waals surface area contributed by atoms with Crippen molar-refractivity contribution in [2.45, 2.75) is 6.42 Å². The molecule has 0 fully saturated rings. The van der Waals surface area contributed by atoms with Gasteiger partial charge in [-0.25, -0.2) is 0 Å². The van der Waals surface area contributed by atoms with E-state index in [0.29, 0.717) is 13.2 Å². The second kappa shape index (κ2) is 8.78. The average molecular weight is 252 g/mol. The van der Waals surface area contributed by atoms with E-state index in [0.717, 1.165) is 25.3 Å². The predicted octanol–water partition coefficient (Wildman–Crippen LogP) is 2.22. The lowest BCUT2D eigenvalue weighted by molar-refractivity contribution is 0.0705. The van der Waals surface area contributed by atoms with E-state index >= 15 is 0 Å². The van der Waals surface area contributed by atoms with E-state index in [1.165, 1.54) is 5.69 Å². The molecule has 4 heteroatoms. The summed E-state index contributed by atoms with van der Waals surface area (Å²) in [6.07, 6.45) is 0.999. The molecule has 0 heterocycles. The molecule has 0 aromatic heterocycles. The molecule has 1 N–H and O–H groups in total. The minimum absolute atomic E-state index is 0.666. The topological polar surface area (TPSA) is 33.7 Å². The van der Waals surface area contributed by atoms with Crippen LogP contribution >= 0.6 is 0 Å². The largest absolute Gasteiger partial charge is 0.385 e. The number of nitrogens with one attached hydrogen (secondary N) is 1. The quantitative estimate of drug-likeness (QED) is 0.683. The summed E-state index contributed by atoms with van der Waals surface area (Å²) in [5, 5.41) is 3.37. The molecule has 0 bridgehead atoms. The molecule has 0 aliphatic heterocycles. The highest BCUT2D eigenvalue weighted by atomic mass is 16.5. The lowest BCUT2D eigenvalue weighted by Gasteiger charge is -2.13. The second-order valence-electron chi connectivity index (χ2n) is 4.33. The van der Waals surface area contributed by atoms with Crippen molar-refractivity contribution in [2.24, 2.45) is 0 Å². The number of hydrogen-bond acceptors (Lipinski definition) is 4. The lowest BCUT2D eigenvalue weighted by Crippen LogP contribution is -2.09. The molecule has 1 aromatic rings. The van der Waals surface area contributed by atoms with Crippen molar-refractivity contribution in [3.05, 3.63) is 24.3 Å². The van der Waals surface area contributed by atoms with Gasteiger partial charge in [0.1, 0.15) is 0 Å². The van der Waals surface area contributed by atoms with Crippen molar-refractivity contribution in [2.75, 3.05) is 57.8 Å². The Balaban J connectivity index is 2.12. The number of rotatable bonds is 9. The van der Waals surface area contributed by atoms with E-state index in [2.05, 4.69) is 34.5 Å². The minimum Gasteiger partial charge on any atom is -0.385 e. The summed E-state index contributed by atoms with van der Waals surface area (Å²) >= 11 is 0. The van der Waals surface area contributed by atoms with Gasteiger partial charge in [-0.1, -0.05) is 0 Å². The van der Waals surface area contributed by atoms with Crippen LogP contribution in [0.25, 0.3) is 0 Å². The van der Waals surface area contributed by atoms with Gasteiger partial charge in [-0.3, -0.25) is 0 Å². The first-order chi connectivity index (χ1) is 8.74. The first-order valence-electron chi connectivity index (χ1n) is 6.32. The molecular weight excluding hydrogens is 228 g/mol. The fourth-order valence-corrected chi connectivity index (χ4v) is 1.53. The number of methoxy groups -OCH3 is 1. The van der Waals surface area contributed by atoms with E-state index in [1.807, 2.05) is 14.1 Å². The van der Waals surface area contributed by atoms with E-state index in [-0.39, 0.29) is 0 Å². The van der Waals surface area contributed by atoms with Crippen LogP contribution in [0.5, 0.6) is 0 Å². The normalized spacial score (nSPS) is 10.4. The SMILES string of the molecule is COCCOCCCNc1ccc(N(C)C)cc1. The molecule has 1 aromatic carbocycles. The Morgan fingerprint density at radius 2 is 1.78 bits per heavy atom. The fourth-order valence-electron chi connectivity index (χ4n) is 1.53. The molecule has 0 spiro atoms. The Kier molecular flexibility index (Phi) is 7.22. The molecule has 102 valence electrons. The van der Waals surface area contributed by atoms with Crippen LogP contribution in [-0.2, 0) is 9.47 Å². The summed E-state index contributed by atoms with van der Waals surface area (Å²) in [7, 11) is 5.77. The second-order valence-corrected chi connectivity index (χ2v) is 4.33. The van der Waals surface area contributed by atoms with E-state index in [4.69, 9.17) is 9.47 Å². The van der Waals surface area contributed by atoms with Gasteiger partial charge in [-0.15, -0.1) is 0 Å². The molecule has 0 aliphatic carbocycles. The zero-order valence-corrected chi connectivity index (χ0v) is 11.6. The molecule has 0 saturated carbocycles. The third kappa shape index (κ3) is 5.89. The van der Waals surface area contributed by atoms with Gasteiger partial charge in [0.25, 0.3) is 0 Å². The average Bonchev–Trinajstić information content (AvgIpc) is 2.38. The molecule has 0 amide bonds. The van der Waals surface area contributed by atoms with Crippen molar-refractivity contribution >= 4 is 11.4 Å². The Morgan fingerprint density at radius 3 is 2.39 bits per heavy atom. The van der Waals surface area contributed by atoms with Gasteiger partial charge in [0.15, 0.2) is 0 Å². The number of ether oxygens (including phenoxy) is 2. The van der Waals surface area contributed by atoms with Gasteiger partial charge in [0.05, 0.1) is 13.2 Å². The summed E-state index contributed by atoms with van der Waals surface area (Å²) in [6.45, 7) is 3.04. The molecule has 1 rings (SSSR count).